The van der Waals surface area contributed by atoms with Gasteiger partial charge >= 0.3 is 0 Å². The summed E-state index contributed by atoms with van der Waals surface area (Å²) in [5.74, 6) is 0.150. The fourth-order valence-corrected chi connectivity index (χ4v) is 2.39. The molecule has 0 heterocycles. The van der Waals surface area contributed by atoms with E-state index < -0.39 is 4.92 Å². The van der Waals surface area contributed by atoms with Crippen LogP contribution < -0.4 is 5.32 Å². The Balaban J connectivity index is 2.29. The molecule has 0 spiro atoms. The molecule has 0 saturated carbocycles. The number of hydrogen-bond donors (Lipinski definition) is 2. The van der Waals surface area contributed by atoms with Gasteiger partial charge in [0.25, 0.3) is 5.69 Å². The van der Waals surface area contributed by atoms with Crippen molar-refractivity contribution in [1.29, 1.82) is 0 Å². The monoisotopic (exact) mass is 350 g/mol. The number of nitro benzene ring substituents is 1. The molecule has 0 atom stereocenters. The number of aromatic hydroxyl groups is 1. The highest BCUT2D eigenvalue weighted by molar-refractivity contribution is 9.10. The Morgan fingerprint density at radius 2 is 1.90 bits per heavy atom. The number of phenols is 1. The van der Waals surface area contributed by atoms with Crippen molar-refractivity contribution >= 4 is 27.3 Å². The lowest BCUT2D eigenvalue weighted by atomic mass is 10.1. The highest BCUT2D eigenvalue weighted by Crippen LogP contribution is 2.29. The Morgan fingerprint density at radius 3 is 2.57 bits per heavy atom. The van der Waals surface area contributed by atoms with Gasteiger partial charge in [0.15, 0.2) is 0 Å². The number of aryl methyl sites for hydroxylation is 2. The van der Waals surface area contributed by atoms with E-state index in [4.69, 9.17) is 0 Å². The van der Waals surface area contributed by atoms with E-state index in [9.17, 15) is 15.2 Å². The molecule has 0 amide bonds. The van der Waals surface area contributed by atoms with E-state index >= 15 is 0 Å². The number of rotatable bonds is 4. The van der Waals surface area contributed by atoms with Gasteiger partial charge in [-0.3, -0.25) is 10.1 Å². The van der Waals surface area contributed by atoms with E-state index in [-0.39, 0.29) is 11.4 Å². The molecule has 0 aliphatic rings. The first-order valence-corrected chi connectivity index (χ1v) is 7.14. The number of halogens is 1. The van der Waals surface area contributed by atoms with Crippen LogP contribution in [-0.4, -0.2) is 10.0 Å². The number of nitrogens with one attached hydrogen (secondary N) is 1. The van der Waals surface area contributed by atoms with Crippen LogP contribution in [-0.2, 0) is 6.54 Å². The Kier molecular flexibility index (Phi) is 4.47. The standard InChI is InChI=1S/C15H15BrN2O3/c1-9-5-13(14(18(20)21)6-10(9)2)17-8-11-7-12(16)3-4-15(11)19/h3-7,17,19H,8H2,1-2H3. The molecule has 0 aliphatic heterocycles. The molecule has 6 heteroatoms. The Morgan fingerprint density at radius 1 is 1.24 bits per heavy atom. The zero-order chi connectivity index (χ0) is 15.6. The summed E-state index contributed by atoms with van der Waals surface area (Å²) >= 11 is 3.33. The van der Waals surface area contributed by atoms with Crippen LogP contribution in [0.15, 0.2) is 34.8 Å². The van der Waals surface area contributed by atoms with E-state index in [1.54, 1.807) is 30.3 Å². The summed E-state index contributed by atoms with van der Waals surface area (Å²) in [6.07, 6.45) is 0. The molecule has 0 radical (unpaired) electrons. The average Bonchev–Trinajstić information content (AvgIpc) is 2.42. The molecule has 0 aromatic heterocycles. The largest absolute Gasteiger partial charge is 0.508 e. The van der Waals surface area contributed by atoms with Gasteiger partial charge in [-0.2, -0.15) is 0 Å². The van der Waals surface area contributed by atoms with Crippen molar-refractivity contribution in [2.24, 2.45) is 0 Å². The maximum absolute atomic E-state index is 11.1. The quantitative estimate of drug-likeness (QED) is 0.636. The van der Waals surface area contributed by atoms with E-state index in [2.05, 4.69) is 21.2 Å². The molecule has 2 rings (SSSR count). The predicted octanol–water partition coefficient (Wildman–Crippen LogP) is 4.29. The first-order chi connectivity index (χ1) is 9.88. The van der Waals surface area contributed by atoms with Crippen LogP contribution in [0.3, 0.4) is 0 Å². The highest BCUT2D eigenvalue weighted by atomic mass is 79.9. The van der Waals surface area contributed by atoms with Gasteiger partial charge in [-0.25, -0.2) is 0 Å². The number of benzene rings is 2. The molecule has 0 aliphatic carbocycles. The molecule has 0 saturated heterocycles. The fraction of sp³-hybridized carbons (Fsp3) is 0.200. The third kappa shape index (κ3) is 3.52. The summed E-state index contributed by atoms with van der Waals surface area (Å²) in [5.41, 5.74) is 2.99. The van der Waals surface area contributed by atoms with Crippen molar-refractivity contribution < 1.29 is 10.0 Å². The molecular formula is C15H15BrN2O3. The molecule has 0 unspecified atom stereocenters. The van der Waals surface area contributed by atoms with Crippen LogP contribution in [0.5, 0.6) is 5.75 Å². The van der Waals surface area contributed by atoms with Crippen molar-refractivity contribution in [2.45, 2.75) is 20.4 Å². The van der Waals surface area contributed by atoms with Crippen LogP contribution in [0, 0.1) is 24.0 Å². The SMILES string of the molecule is Cc1cc(NCc2cc(Br)ccc2O)c([N+](=O)[O-])cc1C. The molecule has 0 bridgehead atoms. The van der Waals surface area contributed by atoms with E-state index in [1.807, 2.05) is 13.8 Å². The van der Waals surface area contributed by atoms with Crippen molar-refractivity contribution in [2.75, 3.05) is 5.32 Å². The highest BCUT2D eigenvalue weighted by Gasteiger charge is 2.15. The lowest BCUT2D eigenvalue weighted by Gasteiger charge is -2.11. The van der Waals surface area contributed by atoms with Gasteiger partial charge in [-0.05, 0) is 49.2 Å². The zero-order valence-corrected chi connectivity index (χ0v) is 13.3. The Bertz CT molecular complexity index is 702. The average molecular weight is 351 g/mol. The van der Waals surface area contributed by atoms with Gasteiger partial charge in [-0.1, -0.05) is 15.9 Å². The maximum Gasteiger partial charge on any atom is 0.292 e. The van der Waals surface area contributed by atoms with Gasteiger partial charge in [0, 0.05) is 22.6 Å². The van der Waals surface area contributed by atoms with Crippen LogP contribution in [0.25, 0.3) is 0 Å². The number of nitrogens with zero attached hydrogens (tertiary/aromatic N) is 1. The minimum absolute atomic E-state index is 0.0348. The number of anilines is 1. The van der Waals surface area contributed by atoms with Gasteiger partial charge in [0.1, 0.15) is 11.4 Å². The van der Waals surface area contributed by atoms with E-state index in [0.29, 0.717) is 17.8 Å². The van der Waals surface area contributed by atoms with Crippen LogP contribution in [0.2, 0.25) is 0 Å². The second-order valence-electron chi connectivity index (χ2n) is 4.84. The van der Waals surface area contributed by atoms with Crippen LogP contribution in [0.4, 0.5) is 11.4 Å². The predicted molar refractivity (Wildman–Crippen MR) is 85.7 cm³/mol. The molecular weight excluding hydrogens is 336 g/mol. The van der Waals surface area contributed by atoms with Gasteiger partial charge in [0.05, 0.1) is 4.92 Å². The molecule has 2 aromatic rings. The van der Waals surface area contributed by atoms with Crippen LogP contribution in [0.1, 0.15) is 16.7 Å². The Labute approximate surface area is 130 Å². The minimum atomic E-state index is -0.407. The summed E-state index contributed by atoms with van der Waals surface area (Å²) in [6, 6.07) is 8.39. The Hall–Kier alpha value is -2.08. The zero-order valence-electron chi connectivity index (χ0n) is 11.7. The third-order valence-corrected chi connectivity index (χ3v) is 3.81. The van der Waals surface area contributed by atoms with Crippen molar-refractivity contribution in [3.05, 3.63) is 61.6 Å². The third-order valence-electron chi connectivity index (χ3n) is 3.32. The van der Waals surface area contributed by atoms with Gasteiger partial charge < -0.3 is 10.4 Å². The van der Waals surface area contributed by atoms with Gasteiger partial charge in [-0.15, -0.1) is 0 Å². The van der Waals surface area contributed by atoms with Crippen molar-refractivity contribution in [1.82, 2.24) is 0 Å². The first kappa shape index (κ1) is 15.3. The number of hydrogen-bond acceptors (Lipinski definition) is 4. The van der Waals surface area contributed by atoms with Crippen molar-refractivity contribution in [3.8, 4) is 5.75 Å². The normalized spacial score (nSPS) is 10.4. The minimum Gasteiger partial charge on any atom is -0.508 e. The summed E-state index contributed by atoms with van der Waals surface area (Å²) in [4.78, 5) is 10.7. The molecule has 2 N–H and O–H groups in total. The number of phenolic OH excluding ortho intramolecular Hbond substituents is 1. The van der Waals surface area contributed by atoms with E-state index in [0.717, 1.165) is 15.6 Å². The number of nitro groups is 1. The molecule has 5 nitrogen and oxygen atoms in total. The smallest absolute Gasteiger partial charge is 0.292 e. The molecule has 21 heavy (non-hydrogen) atoms. The first-order valence-electron chi connectivity index (χ1n) is 6.35. The topological polar surface area (TPSA) is 75.4 Å². The second-order valence-corrected chi connectivity index (χ2v) is 5.75. The fourth-order valence-electron chi connectivity index (χ4n) is 1.98. The molecule has 2 aromatic carbocycles. The summed E-state index contributed by atoms with van der Waals surface area (Å²) in [6.45, 7) is 4.04. The molecule has 0 fully saturated rings. The van der Waals surface area contributed by atoms with Gasteiger partial charge in [0.2, 0.25) is 0 Å². The van der Waals surface area contributed by atoms with Crippen LogP contribution >= 0.6 is 15.9 Å². The lowest BCUT2D eigenvalue weighted by Crippen LogP contribution is -2.04. The van der Waals surface area contributed by atoms with Crippen molar-refractivity contribution in [3.63, 3.8) is 0 Å². The maximum atomic E-state index is 11.1. The molecule has 110 valence electrons. The summed E-state index contributed by atoms with van der Waals surface area (Å²) < 4.78 is 0.840. The second kappa shape index (κ2) is 6.13. The lowest BCUT2D eigenvalue weighted by molar-refractivity contribution is -0.384. The van der Waals surface area contributed by atoms with E-state index in [1.165, 1.54) is 0 Å². The summed E-state index contributed by atoms with van der Waals surface area (Å²) in [5, 5.41) is 23.9. The summed E-state index contributed by atoms with van der Waals surface area (Å²) in [7, 11) is 0.